The van der Waals surface area contributed by atoms with Crippen LogP contribution in [-0.2, 0) is 9.47 Å². The average Bonchev–Trinajstić information content (AvgIpc) is 3.00. The summed E-state index contributed by atoms with van der Waals surface area (Å²) in [6.45, 7) is 3.67. The highest BCUT2D eigenvalue weighted by atomic mass is 16.5. The van der Waals surface area contributed by atoms with Gasteiger partial charge in [-0.2, -0.15) is 0 Å². The van der Waals surface area contributed by atoms with Gasteiger partial charge in [0.2, 0.25) is 0 Å². The van der Waals surface area contributed by atoms with Crippen molar-refractivity contribution in [3.8, 4) is 0 Å². The van der Waals surface area contributed by atoms with Crippen molar-refractivity contribution in [1.82, 2.24) is 5.32 Å². The van der Waals surface area contributed by atoms with E-state index in [0.29, 0.717) is 0 Å². The van der Waals surface area contributed by atoms with Crippen LogP contribution in [0.2, 0.25) is 0 Å². The largest absolute Gasteiger partial charge is 0.384 e. The van der Waals surface area contributed by atoms with Gasteiger partial charge in [0.15, 0.2) is 0 Å². The van der Waals surface area contributed by atoms with E-state index in [0.717, 1.165) is 32.4 Å². The molecule has 1 unspecified atom stereocenters. The Morgan fingerprint density at radius 2 is 2.36 bits per heavy atom. The Balaban J connectivity index is 1.82. The normalized spacial score (nSPS) is 33.2. The van der Waals surface area contributed by atoms with Crippen LogP contribution < -0.4 is 5.32 Å². The van der Waals surface area contributed by atoms with Gasteiger partial charge in [0, 0.05) is 31.7 Å². The van der Waals surface area contributed by atoms with E-state index < -0.39 is 0 Å². The maximum absolute atomic E-state index is 5.57. The van der Waals surface area contributed by atoms with Crippen molar-refractivity contribution in [2.45, 2.75) is 31.7 Å². The molecule has 0 amide bonds. The predicted molar refractivity (Wildman–Crippen MR) is 55.4 cm³/mol. The fraction of sp³-hybridized carbons (Fsp3) is 1.00. The number of ether oxygens (including phenoxy) is 2. The maximum Gasteiger partial charge on any atom is 0.0556 e. The summed E-state index contributed by atoms with van der Waals surface area (Å²) in [5.41, 5.74) is 0.246. The van der Waals surface area contributed by atoms with Crippen LogP contribution in [0.3, 0.4) is 0 Å². The molecule has 0 aromatic heterocycles. The summed E-state index contributed by atoms with van der Waals surface area (Å²) in [5.74, 6) is 0. The molecule has 0 bridgehead atoms. The standard InChI is InChI=1S/C11H21NO2/c1-13-8-11(5-2-6-14-9-11)7-12-10-3-4-10/h10,12H,2-9H2,1H3. The Bertz CT molecular complexity index is 169. The van der Waals surface area contributed by atoms with Gasteiger partial charge in [-0.05, 0) is 25.7 Å². The van der Waals surface area contributed by atoms with Crippen LogP contribution >= 0.6 is 0 Å². The van der Waals surface area contributed by atoms with Crippen LogP contribution in [-0.4, -0.2) is 39.5 Å². The molecule has 0 spiro atoms. The van der Waals surface area contributed by atoms with E-state index in [1.165, 1.54) is 25.7 Å². The van der Waals surface area contributed by atoms with E-state index in [4.69, 9.17) is 9.47 Å². The SMILES string of the molecule is COCC1(CNC2CC2)CCCOC1. The molecule has 0 radical (unpaired) electrons. The third kappa shape index (κ3) is 2.69. The van der Waals surface area contributed by atoms with E-state index >= 15 is 0 Å². The molecule has 0 aromatic carbocycles. The van der Waals surface area contributed by atoms with Gasteiger partial charge in [0.1, 0.15) is 0 Å². The van der Waals surface area contributed by atoms with Gasteiger partial charge < -0.3 is 14.8 Å². The molecule has 1 atom stereocenters. The Labute approximate surface area is 86.2 Å². The van der Waals surface area contributed by atoms with Crippen molar-refractivity contribution in [2.75, 3.05) is 33.5 Å². The molecule has 82 valence electrons. The topological polar surface area (TPSA) is 30.5 Å². The molecule has 2 rings (SSSR count). The molecule has 1 saturated carbocycles. The van der Waals surface area contributed by atoms with Crippen LogP contribution in [0.25, 0.3) is 0 Å². The highest BCUT2D eigenvalue weighted by molar-refractivity contribution is 4.89. The lowest BCUT2D eigenvalue weighted by Crippen LogP contribution is -2.44. The zero-order valence-electron chi connectivity index (χ0n) is 9.05. The summed E-state index contributed by atoms with van der Waals surface area (Å²) < 4.78 is 10.9. The van der Waals surface area contributed by atoms with Gasteiger partial charge in [-0.3, -0.25) is 0 Å². The third-order valence-electron chi connectivity index (χ3n) is 3.20. The zero-order chi connectivity index (χ0) is 9.86. The van der Waals surface area contributed by atoms with Gasteiger partial charge in [-0.15, -0.1) is 0 Å². The van der Waals surface area contributed by atoms with Crippen molar-refractivity contribution in [1.29, 1.82) is 0 Å². The fourth-order valence-corrected chi connectivity index (χ4v) is 2.17. The van der Waals surface area contributed by atoms with E-state index in [1.54, 1.807) is 7.11 Å². The van der Waals surface area contributed by atoms with E-state index in [9.17, 15) is 0 Å². The predicted octanol–water partition coefficient (Wildman–Crippen LogP) is 1.18. The Hall–Kier alpha value is -0.120. The second-order valence-corrected chi connectivity index (χ2v) is 4.74. The highest BCUT2D eigenvalue weighted by Gasteiger charge is 2.34. The Morgan fingerprint density at radius 1 is 1.50 bits per heavy atom. The van der Waals surface area contributed by atoms with Gasteiger partial charge in [-0.1, -0.05) is 0 Å². The minimum absolute atomic E-state index is 0.246. The van der Waals surface area contributed by atoms with Crippen LogP contribution in [0, 0.1) is 5.41 Å². The lowest BCUT2D eigenvalue weighted by molar-refractivity contribution is -0.0477. The molecular weight excluding hydrogens is 178 g/mol. The number of methoxy groups -OCH3 is 1. The van der Waals surface area contributed by atoms with Gasteiger partial charge in [0.05, 0.1) is 13.2 Å². The van der Waals surface area contributed by atoms with Crippen molar-refractivity contribution < 1.29 is 9.47 Å². The molecule has 3 nitrogen and oxygen atoms in total. The first kappa shape index (κ1) is 10.4. The highest BCUT2D eigenvalue weighted by Crippen LogP contribution is 2.30. The first-order chi connectivity index (χ1) is 6.85. The molecule has 1 aliphatic carbocycles. The molecule has 1 N–H and O–H groups in total. The lowest BCUT2D eigenvalue weighted by atomic mass is 9.83. The van der Waals surface area contributed by atoms with Crippen molar-refractivity contribution in [3.05, 3.63) is 0 Å². The first-order valence-corrected chi connectivity index (χ1v) is 5.65. The van der Waals surface area contributed by atoms with Gasteiger partial charge >= 0.3 is 0 Å². The molecule has 3 heteroatoms. The minimum Gasteiger partial charge on any atom is -0.384 e. The van der Waals surface area contributed by atoms with Crippen LogP contribution in [0.4, 0.5) is 0 Å². The third-order valence-corrected chi connectivity index (χ3v) is 3.20. The smallest absolute Gasteiger partial charge is 0.0556 e. The Morgan fingerprint density at radius 3 is 2.93 bits per heavy atom. The molecule has 2 aliphatic rings. The fourth-order valence-electron chi connectivity index (χ4n) is 2.17. The van der Waals surface area contributed by atoms with Crippen molar-refractivity contribution in [3.63, 3.8) is 0 Å². The van der Waals surface area contributed by atoms with Gasteiger partial charge in [-0.25, -0.2) is 0 Å². The summed E-state index contributed by atoms with van der Waals surface area (Å²) in [6.07, 6.45) is 5.12. The molecule has 1 saturated heterocycles. The number of rotatable bonds is 5. The summed E-state index contributed by atoms with van der Waals surface area (Å²) in [5, 5.41) is 3.59. The first-order valence-electron chi connectivity index (χ1n) is 5.65. The number of hydrogen-bond acceptors (Lipinski definition) is 3. The van der Waals surface area contributed by atoms with E-state index in [1.807, 2.05) is 0 Å². The van der Waals surface area contributed by atoms with Crippen LogP contribution in [0.15, 0.2) is 0 Å². The Kier molecular flexibility index (Phi) is 3.42. The lowest BCUT2D eigenvalue weighted by Gasteiger charge is -2.36. The monoisotopic (exact) mass is 199 g/mol. The molecule has 2 fully saturated rings. The molecule has 14 heavy (non-hydrogen) atoms. The summed E-state index contributed by atoms with van der Waals surface area (Å²) >= 11 is 0. The minimum atomic E-state index is 0.246. The summed E-state index contributed by atoms with van der Waals surface area (Å²) in [7, 11) is 1.79. The van der Waals surface area contributed by atoms with Crippen LogP contribution in [0.1, 0.15) is 25.7 Å². The van der Waals surface area contributed by atoms with E-state index in [2.05, 4.69) is 5.32 Å². The van der Waals surface area contributed by atoms with Crippen molar-refractivity contribution in [2.24, 2.45) is 5.41 Å². The summed E-state index contributed by atoms with van der Waals surface area (Å²) in [6, 6.07) is 0.783. The molecule has 1 heterocycles. The van der Waals surface area contributed by atoms with E-state index in [-0.39, 0.29) is 5.41 Å². The second-order valence-electron chi connectivity index (χ2n) is 4.74. The zero-order valence-corrected chi connectivity index (χ0v) is 9.05. The van der Waals surface area contributed by atoms with Crippen LogP contribution in [0.5, 0.6) is 0 Å². The number of nitrogens with one attached hydrogen (secondary N) is 1. The molecular formula is C11H21NO2. The molecule has 0 aromatic rings. The quantitative estimate of drug-likeness (QED) is 0.721. The average molecular weight is 199 g/mol. The van der Waals surface area contributed by atoms with Crippen molar-refractivity contribution >= 4 is 0 Å². The molecule has 1 aliphatic heterocycles. The van der Waals surface area contributed by atoms with Gasteiger partial charge in [0.25, 0.3) is 0 Å². The maximum atomic E-state index is 5.57. The second kappa shape index (κ2) is 4.60. The summed E-state index contributed by atoms with van der Waals surface area (Å²) in [4.78, 5) is 0. The number of hydrogen-bond donors (Lipinski definition) is 1.